The number of hydrogen-bond acceptors (Lipinski definition) is 0. The maximum Gasteiger partial charge on any atom is 0.0395 e. The molecule has 0 N–H and O–H groups in total. The van der Waals surface area contributed by atoms with E-state index in [1.165, 1.54) is 36.8 Å². The average Bonchev–Trinajstić information content (AvgIpc) is 2.27. The lowest BCUT2D eigenvalue weighted by molar-refractivity contribution is 0.554. The average molecular weight is 283 g/mol. The van der Waals surface area contributed by atoms with Crippen LogP contribution in [0.2, 0.25) is 0 Å². The first-order valence-corrected chi connectivity index (χ1v) is 7.28. The fourth-order valence-corrected chi connectivity index (χ4v) is 2.40. The highest BCUT2D eigenvalue weighted by atomic mass is 79.9. The van der Waals surface area contributed by atoms with Crippen LogP contribution in [0.25, 0.3) is 0 Å². The van der Waals surface area contributed by atoms with E-state index in [1.54, 1.807) is 0 Å². The van der Waals surface area contributed by atoms with Crippen molar-refractivity contribution in [3.05, 3.63) is 35.4 Å². The van der Waals surface area contributed by atoms with Gasteiger partial charge in [0.05, 0.1) is 0 Å². The van der Waals surface area contributed by atoms with Crippen LogP contribution in [-0.2, 0) is 6.42 Å². The molecule has 0 nitrogen and oxygen atoms in total. The van der Waals surface area contributed by atoms with E-state index in [0.29, 0.717) is 4.83 Å². The lowest BCUT2D eigenvalue weighted by atomic mass is 10.0. The smallest absolute Gasteiger partial charge is 0.0395 e. The maximum absolute atomic E-state index is 3.78. The zero-order valence-corrected chi connectivity index (χ0v) is 12.3. The minimum Gasteiger partial charge on any atom is -0.0839 e. The van der Waals surface area contributed by atoms with Crippen molar-refractivity contribution in [2.24, 2.45) is 5.92 Å². The highest BCUT2D eigenvalue weighted by Crippen LogP contribution is 2.29. The Labute approximate surface area is 109 Å². The summed E-state index contributed by atoms with van der Waals surface area (Å²) in [5, 5.41) is 0. The molecule has 0 aliphatic heterocycles. The molecule has 0 heterocycles. The molecule has 0 spiro atoms. The second-order valence-electron chi connectivity index (χ2n) is 4.93. The van der Waals surface area contributed by atoms with Crippen LogP contribution in [0.15, 0.2) is 24.3 Å². The van der Waals surface area contributed by atoms with Crippen LogP contribution in [0.3, 0.4) is 0 Å². The van der Waals surface area contributed by atoms with Gasteiger partial charge in [0.1, 0.15) is 0 Å². The fraction of sp³-hybridized carbons (Fsp3) is 0.600. The summed E-state index contributed by atoms with van der Waals surface area (Å²) in [7, 11) is 0. The molecule has 16 heavy (non-hydrogen) atoms. The summed E-state index contributed by atoms with van der Waals surface area (Å²) in [5.41, 5.74) is 2.87. The van der Waals surface area contributed by atoms with E-state index in [0.717, 1.165) is 5.92 Å². The van der Waals surface area contributed by atoms with Crippen LogP contribution in [-0.4, -0.2) is 0 Å². The predicted octanol–water partition coefficient (Wildman–Crippen LogP) is 5.51. The normalized spacial score (nSPS) is 13.1. The molecular weight excluding hydrogens is 260 g/mol. The summed E-state index contributed by atoms with van der Waals surface area (Å²) in [4.78, 5) is 0.519. The third-order valence-corrected chi connectivity index (χ3v) is 3.86. The number of aryl methyl sites for hydroxylation is 1. The van der Waals surface area contributed by atoms with Crippen molar-refractivity contribution in [3.63, 3.8) is 0 Å². The molecule has 0 saturated heterocycles. The third-order valence-electron chi connectivity index (χ3n) is 2.88. The lowest BCUT2D eigenvalue weighted by Gasteiger charge is -2.12. The summed E-state index contributed by atoms with van der Waals surface area (Å²) in [5.74, 6) is 0.791. The van der Waals surface area contributed by atoms with Gasteiger partial charge in [0.2, 0.25) is 0 Å². The zero-order valence-electron chi connectivity index (χ0n) is 10.7. The quantitative estimate of drug-likeness (QED) is 0.604. The second-order valence-corrected chi connectivity index (χ2v) is 6.04. The van der Waals surface area contributed by atoms with Crippen LogP contribution in [0.1, 0.15) is 56.0 Å². The van der Waals surface area contributed by atoms with Gasteiger partial charge in [0.15, 0.2) is 0 Å². The highest BCUT2D eigenvalue weighted by Gasteiger charge is 2.08. The molecule has 1 rings (SSSR count). The topological polar surface area (TPSA) is 0 Å². The largest absolute Gasteiger partial charge is 0.0839 e. The molecule has 0 radical (unpaired) electrons. The van der Waals surface area contributed by atoms with E-state index in [-0.39, 0.29) is 0 Å². The van der Waals surface area contributed by atoms with Gasteiger partial charge in [0.25, 0.3) is 0 Å². The number of rotatable bonds is 6. The third kappa shape index (κ3) is 4.69. The molecule has 1 aromatic carbocycles. The van der Waals surface area contributed by atoms with Gasteiger partial charge in [-0.2, -0.15) is 0 Å². The molecular formula is C15H23Br. The monoisotopic (exact) mass is 282 g/mol. The Hall–Kier alpha value is -0.300. The Morgan fingerprint density at radius 1 is 1.06 bits per heavy atom. The van der Waals surface area contributed by atoms with Gasteiger partial charge in [-0.15, -0.1) is 0 Å². The molecule has 0 amide bonds. The molecule has 1 unspecified atom stereocenters. The predicted molar refractivity (Wildman–Crippen MR) is 76.2 cm³/mol. The summed E-state index contributed by atoms with van der Waals surface area (Å²) in [6.07, 6.45) is 4.93. The fourth-order valence-electron chi connectivity index (χ4n) is 1.83. The number of hydrogen-bond donors (Lipinski definition) is 0. The molecule has 90 valence electrons. The molecule has 1 aromatic rings. The van der Waals surface area contributed by atoms with E-state index < -0.39 is 0 Å². The van der Waals surface area contributed by atoms with Gasteiger partial charge in [-0.05, 0) is 36.3 Å². The minimum atomic E-state index is 0.519. The number of alkyl halides is 1. The molecule has 1 atom stereocenters. The van der Waals surface area contributed by atoms with Crippen molar-refractivity contribution >= 4 is 15.9 Å². The van der Waals surface area contributed by atoms with Gasteiger partial charge >= 0.3 is 0 Å². The van der Waals surface area contributed by atoms with Gasteiger partial charge in [0, 0.05) is 4.83 Å². The van der Waals surface area contributed by atoms with Gasteiger partial charge in [-0.3, -0.25) is 0 Å². The summed E-state index contributed by atoms with van der Waals surface area (Å²) in [6.45, 7) is 6.79. The van der Waals surface area contributed by atoms with Crippen LogP contribution in [0.5, 0.6) is 0 Å². The van der Waals surface area contributed by atoms with Gasteiger partial charge in [-0.1, -0.05) is 67.4 Å². The molecule has 0 aliphatic carbocycles. The molecule has 0 aliphatic rings. The van der Waals surface area contributed by atoms with E-state index in [1.807, 2.05) is 0 Å². The zero-order chi connectivity index (χ0) is 12.0. The Morgan fingerprint density at radius 2 is 1.69 bits per heavy atom. The molecule has 0 fully saturated rings. The first-order valence-electron chi connectivity index (χ1n) is 6.36. The Kier molecular flexibility index (Phi) is 6.12. The van der Waals surface area contributed by atoms with Crippen molar-refractivity contribution in [3.8, 4) is 0 Å². The Balaban J connectivity index is 2.52. The molecule has 0 bridgehead atoms. The Bertz CT molecular complexity index is 287. The first kappa shape index (κ1) is 13.8. The van der Waals surface area contributed by atoms with E-state index in [4.69, 9.17) is 0 Å². The minimum absolute atomic E-state index is 0.519. The van der Waals surface area contributed by atoms with Crippen molar-refractivity contribution in [2.45, 2.75) is 51.3 Å². The van der Waals surface area contributed by atoms with E-state index in [2.05, 4.69) is 61.0 Å². The molecule has 0 aromatic heterocycles. The van der Waals surface area contributed by atoms with Crippen LogP contribution in [0, 0.1) is 5.92 Å². The highest BCUT2D eigenvalue weighted by molar-refractivity contribution is 9.09. The molecule has 1 heteroatoms. The van der Waals surface area contributed by atoms with Crippen LogP contribution >= 0.6 is 15.9 Å². The molecule has 0 saturated carbocycles. The second kappa shape index (κ2) is 7.11. The SMILES string of the molecule is CCCc1ccc(C(Br)CCC(C)C)cc1. The maximum atomic E-state index is 3.78. The summed E-state index contributed by atoms with van der Waals surface area (Å²) >= 11 is 3.78. The standard InChI is InChI=1S/C15H23Br/c1-4-5-13-7-9-14(10-8-13)15(16)11-6-12(2)3/h7-10,12,15H,4-6,11H2,1-3H3. The lowest BCUT2D eigenvalue weighted by Crippen LogP contribution is -1.94. The van der Waals surface area contributed by atoms with Crippen molar-refractivity contribution in [1.82, 2.24) is 0 Å². The van der Waals surface area contributed by atoms with Gasteiger partial charge in [-0.25, -0.2) is 0 Å². The van der Waals surface area contributed by atoms with Gasteiger partial charge < -0.3 is 0 Å². The summed E-state index contributed by atoms with van der Waals surface area (Å²) < 4.78 is 0. The number of benzene rings is 1. The summed E-state index contributed by atoms with van der Waals surface area (Å²) in [6, 6.07) is 9.07. The van der Waals surface area contributed by atoms with Crippen molar-refractivity contribution in [1.29, 1.82) is 0 Å². The van der Waals surface area contributed by atoms with Crippen LogP contribution in [0.4, 0.5) is 0 Å². The van der Waals surface area contributed by atoms with Crippen LogP contribution < -0.4 is 0 Å². The van der Waals surface area contributed by atoms with E-state index in [9.17, 15) is 0 Å². The van der Waals surface area contributed by atoms with Crippen molar-refractivity contribution < 1.29 is 0 Å². The Morgan fingerprint density at radius 3 is 2.19 bits per heavy atom. The first-order chi connectivity index (χ1) is 7.63. The number of halogens is 1. The van der Waals surface area contributed by atoms with Crippen molar-refractivity contribution in [2.75, 3.05) is 0 Å². The van der Waals surface area contributed by atoms with E-state index >= 15 is 0 Å².